The van der Waals surface area contributed by atoms with Gasteiger partial charge in [0.25, 0.3) is 0 Å². The smallest absolute Gasteiger partial charge is 0.353 e. The lowest BCUT2D eigenvalue weighted by atomic mass is 9.78. The van der Waals surface area contributed by atoms with Gasteiger partial charge in [0.15, 0.2) is 0 Å². The van der Waals surface area contributed by atoms with Crippen LogP contribution in [0.4, 0.5) is 0 Å². The molecule has 0 unspecified atom stereocenters. The van der Waals surface area contributed by atoms with E-state index >= 15 is 0 Å². The van der Waals surface area contributed by atoms with Crippen LogP contribution in [-0.2, 0) is 25.7 Å². The number of carboxylic acids is 1. The van der Waals surface area contributed by atoms with Crippen LogP contribution in [-0.4, -0.2) is 114 Å². The molecule has 4 aliphatic rings. The maximum atomic E-state index is 13.2. The van der Waals surface area contributed by atoms with Crippen LogP contribution >= 0.6 is 11.8 Å². The highest BCUT2D eigenvalue weighted by Gasteiger charge is 2.60. The monoisotopic (exact) mass is 589 g/mol. The third-order valence-electron chi connectivity index (χ3n) is 8.38. The van der Waals surface area contributed by atoms with Crippen molar-refractivity contribution in [2.75, 3.05) is 19.6 Å². The van der Waals surface area contributed by atoms with E-state index in [0.29, 0.717) is 37.4 Å². The topological polar surface area (TPSA) is 239 Å². The zero-order chi connectivity index (χ0) is 29.6. The zero-order valence-electron chi connectivity index (χ0n) is 22.8. The van der Waals surface area contributed by atoms with Gasteiger partial charge >= 0.3 is 5.97 Å². The number of likely N-dealkylation sites (tertiary alicyclic amines) is 1. The highest BCUT2D eigenvalue weighted by Crippen LogP contribution is 2.51. The van der Waals surface area contributed by atoms with Gasteiger partial charge in [0.2, 0.25) is 17.7 Å². The Kier molecular flexibility index (Phi) is 8.02. The molecule has 222 valence electrons. The summed E-state index contributed by atoms with van der Waals surface area (Å²) >= 11 is 1.40. The second-order valence-electron chi connectivity index (χ2n) is 11.2. The predicted octanol–water partition coefficient (Wildman–Crippen LogP) is -2.47. The SMILES string of the molecule is C[C@@H](NC(=O)Cn1cnnn1)[C@H]1C(=O)N2C(C(=O)O)=C(S[C@@H]3CN[C@H](C(=O)N4C[C@@H](CC(=N)N)[C@@H](N)C4)C3)[C@H](C)[C@H]12. The van der Waals surface area contributed by atoms with Crippen molar-refractivity contribution in [3.63, 3.8) is 0 Å². The fourth-order valence-corrected chi connectivity index (χ4v) is 7.92. The minimum atomic E-state index is -1.18. The van der Waals surface area contributed by atoms with Crippen molar-refractivity contribution in [3.05, 3.63) is 16.9 Å². The van der Waals surface area contributed by atoms with Crippen molar-refractivity contribution in [1.82, 2.24) is 40.6 Å². The van der Waals surface area contributed by atoms with Crippen molar-refractivity contribution in [2.24, 2.45) is 29.2 Å². The van der Waals surface area contributed by atoms with Crippen molar-refractivity contribution in [1.29, 1.82) is 5.41 Å². The van der Waals surface area contributed by atoms with Gasteiger partial charge in [0.05, 0.1) is 23.8 Å². The van der Waals surface area contributed by atoms with Crippen molar-refractivity contribution in [2.45, 2.75) is 62.7 Å². The summed E-state index contributed by atoms with van der Waals surface area (Å²) in [5.41, 5.74) is 11.7. The van der Waals surface area contributed by atoms with Crippen LogP contribution in [0.25, 0.3) is 0 Å². The van der Waals surface area contributed by atoms with Gasteiger partial charge in [-0.3, -0.25) is 19.8 Å². The number of amidine groups is 1. The van der Waals surface area contributed by atoms with Gasteiger partial charge < -0.3 is 37.0 Å². The molecule has 3 saturated heterocycles. The van der Waals surface area contributed by atoms with E-state index in [1.54, 1.807) is 11.8 Å². The molecule has 5 rings (SSSR count). The first-order chi connectivity index (χ1) is 19.5. The Bertz CT molecular complexity index is 1270. The van der Waals surface area contributed by atoms with E-state index in [-0.39, 0.29) is 58.9 Å². The van der Waals surface area contributed by atoms with E-state index in [2.05, 4.69) is 26.2 Å². The van der Waals surface area contributed by atoms with Crippen LogP contribution in [0.15, 0.2) is 16.9 Å². The molecule has 8 atom stereocenters. The third-order valence-corrected chi connectivity index (χ3v) is 9.89. The largest absolute Gasteiger partial charge is 0.477 e. The number of aromatic nitrogens is 4. The molecule has 0 aromatic carbocycles. The van der Waals surface area contributed by atoms with E-state index in [0.717, 1.165) is 0 Å². The number of amides is 3. The molecular formula is C24H35N11O5S. The lowest BCUT2D eigenvalue weighted by molar-refractivity contribution is -0.158. The molecule has 3 amide bonds. The number of nitrogens with two attached hydrogens (primary N) is 2. The number of β-lactam (4-membered cyclic amide) rings is 1. The summed E-state index contributed by atoms with van der Waals surface area (Å²) < 4.78 is 1.27. The Balaban J connectivity index is 1.21. The van der Waals surface area contributed by atoms with E-state index in [9.17, 15) is 24.3 Å². The predicted molar refractivity (Wildman–Crippen MR) is 146 cm³/mol. The molecule has 0 spiro atoms. The summed E-state index contributed by atoms with van der Waals surface area (Å²) in [4.78, 5) is 54.8. The molecule has 41 heavy (non-hydrogen) atoms. The highest BCUT2D eigenvalue weighted by atomic mass is 32.2. The van der Waals surface area contributed by atoms with Crippen LogP contribution in [0.2, 0.25) is 0 Å². The van der Waals surface area contributed by atoms with Gasteiger partial charge in [0, 0.05) is 60.1 Å². The average molecular weight is 590 g/mol. The molecule has 0 aliphatic carbocycles. The van der Waals surface area contributed by atoms with Gasteiger partial charge in [0.1, 0.15) is 18.6 Å². The first-order valence-electron chi connectivity index (χ1n) is 13.5. The van der Waals surface area contributed by atoms with Crippen LogP contribution < -0.4 is 22.1 Å². The number of carboxylic acid groups (broad SMARTS) is 1. The van der Waals surface area contributed by atoms with Gasteiger partial charge in [-0.05, 0) is 23.8 Å². The number of aliphatic carboxylic acids is 1. The maximum absolute atomic E-state index is 13.2. The summed E-state index contributed by atoms with van der Waals surface area (Å²) in [6.07, 6.45) is 2.17. The number of hydrogen-bond donors (Lipinski definition) is 6. The van der Waals surface area contributed by atoms with Crippen LogP contribution in [0, 0.1) is 23.2 Å². The number of carbonyl (C=O) groups excluding carboxylic acids is 3. The van der Waals surface area contributed by atoms with Crippen molar-refractivity contribution in [3.8, 4) is 0 Å². The zero-order valence-corrected chi connectivity index (χ0v) is 23.6. The fourth-order valence-electron chi connectivity index (χ4n) is 6.44. The Morgan fingerprint density at radius 1 is 1.34 bits per heavy atom. The number of nitrogens with one attached hydrogen (secondary N) is 3. The second kappa shape index (κ2) is 11.4. The Morgan fingerprint density at radius 2 is 2.10 bits per heavy atom. The normalized spacial score (nSPS) is 31.7. The van der Waals surface area contributed by atoms with E-state index in [1.807, 2.05) is 6.92 Å². The third kappa shape index (κ3) is 5.52. The van der Waals surface area contributed by atoms with E-state index in [1.165, 1.54) is 27.7 Å². The molecule has 0 radical (unpaired) electrons. The molecule has 1 aromatic rings. The van der Waals surface area contributed by atoms with Gasteiger partial charge in [-0.15, -0.1) is 16.9 Å². The molecule has 17 heteroatoms. The highest BCUT2D eigenvalue weighted by molar-refractivity contribution is 8.03. The summed E-state index contributed by atoms with van der Waals surface area (Å²) in [6.45, 7) is 4.90. The molecule has 0 bridgehead atoms. The number of thioether (sulfide) groups is 1. The number of carbonyl (C=O) groups is 4. The number of rotatable bonds is 10. The fraction of sp³-hybridized carbons (Fsp3) is 0.667. The standard InChI is InChI=1S/C24H35N11O5S/c1-10-19-18(11(2)30-17(36)8-34-9-29-31-32-34)23(38)35(19)20(24(39)40)21(10)41-13-4-15(28-5-13)22(37)33-6-12(3-16(26)27)14(25)7-33/h9-15,18-19,28H,3-8,25H2,1-2H3,(H3,26,27)(H,30,36)(H,39,40)/t10-,11-,12-,13+,14+,15+,18-,19-/m1/s1. The minimum Gasteiger partial charge on any atom is -0.477 e. The molecule has 0 saturated carbocycles. The molecule has 3 fully saturated rings. The molecule has 4 aliphatic heterocycles. The van der Waals surface area contributed by atoms with Crippen LogP contribution in [0.3, 0.4) is 0 Å². The summed E-state index contributed by atoms with van der Waals surface area (Å²) in [7, 11) is 0. The van der Waals surface area contributed by atoms with Crippen LogP contribution in [0.5, 0.6) is 0 Å². The second-order valence-corrected chi connectivity index (χ2v) is 12.6. The average Bonchev–Trinajstić information content (AvgIpc) is 3.68. The quantitative estimate of drug-likeness (QED) is 0.0945. The number of hydrogen-bond acceptors (Lipinski definition) is 11. The van der Waals surface area contributed by atoms with E-state index < -0.39 is 30.0 Å². The minimum absolute atomic E-state index is 0.0201. The van der Waals surface area contributed by atoms with Crippen LogP contribution in [0.1, 0.15) is 26.7 Å². The Hall–Kier alpha value is -3.57. The maximum Gasteiger partial charge on any atom is 0.353 e. The number of nitrogens with zero attached hydrogens (tertiary/aromatic N) is 6. The molecule has 16 nitrogen and oxygen atoms in total. The molecular weight excluding hydrogens is 554 g/mol. The molecule has 8 N–H and O–H groups in total. The van der Waals surface area contributed by atoms with Crippen molar-refractivity contribution < 1.29 is 24.3 Å². The molecule has 1 aromatic heterocycles. The number of fused-ring (bicyclic) bond motifs is 1. The first-order valence-corrected chi connectivity index (χ1v) is 14.4. The van der Waals surface area contributed by atoms with E-state index in [4.69, 9.17) is 16.9 Å². The first kappa shape index (κ1) is 28.9. The lowest BCUT2D eigenvalue weighted by Gasteiger charge is -2.47. The lowest BCUT2D eigenvalue weighted by Crippen LogP contribution is -2.66. The summed E-state index contributed by atoms with van der Waals surface area (Å²) in [5, 5.41) is 34.3. The van der Waals surface area contributed by atoms with Gasteiger partial charge in [-0.2, -0.15) is 0 Å². The van der Waals surface area contributed by atoms with Gasteiger partial charge in [-0.1, -0.05) is 6.92 Å². The summed E-state index contributed by atoms with van der Waals surface area (Å²) in [6, 6.07) is -1.58. The van der Waals surface area contributed by atoms with Gasteiger partial charge in [-0.25, -0.2) is 9.48 Å². The number of tetrazole rings is 1. The Morgan fingerprint density at radius 3 is 2.76 bits per heavy atom. The summed E-state index contributed by atoms with van der Waals surface area (Å²) in [5.74, 6) is -2.77. The van der Waals surface area contributed by atoms with Crippen molar-refractivity contribution >= 4 is 41.3 Å². The molecule has 5 heterocycles. The Labute approximate surface area is 240 Å².